The zero-order valence-electron chi connectivity index (χ0n) is 11.6. The zero-order valence-corrected chi connectivity index (χ0v) is 12.6. The number of rotatable bonds is 9. The minimum absolute atomic E-state index is 0.0804. The summed E-state index contributed by atoms with van der Waals surface area (Å²) in [6, 6.07) is 0. The summed E-state index contributed by atoms with van der Waals surface area (Å²) in [5, 5.41) is 9.76. The molecule has 1 unspecified atom stereocenters. The fourth-order valence-electron chi connectivity index (χ4n) is 1.68. The molecular formula is C14H30OSi. The van der Waals surface area contributed by atoms with Crippen molar-refractivity contribution in [3.05, 3.63) is 11.8 Å². The van der Waals surface area contributed by atoms with Crippen LogP contribution in [0.4, 0.5) is 0 Å². The van der Waals surface area contributed by atoms with Crippen molar-refractivity contribution in [3.63, 3.8) is 0 Å². The molecule has 0 spiro atoms. The summed E-state index contributed by atoms with van der Waals surface area (Å²) < 4.78 is 0. The molecule has 16 heavy (non-hydrogen) atoms. The van der Waals surface area contributed by atoms with Crippen LogP contribution in [0.15, 0.2) is 11.8 Å². The lowest BCUT2D eigenvalue weighted by atomic mass is 10.1. The summed E-state index contributed by atoms with van der Waals surface area (Å²) in [6.07, 6.45) is 10.2. The van der Waals surface area contributed by atoms with E-state index in [1.54, 1.807) is 0 Å². The predicted molar refractivity (Wildman–Crippen MR) is 76.5 cm³/mol. The molecule has 0 aromatic rings. The molecule has 0 aliphatic carbocycles. The maximum Gasteiger partial charge on any atom is 0.0682 e. The highest BCUT2D eigenvalue weighted by Crippen LogP contribution is 2.10. The normalized spacial score (nSPS) is 14.6. The first-order valence-electron chi connectivity index (χ1n) is 6.81. The molecule has 1 nitrogen and oxygen atoms in total. The minimum atomic E-state index is -1.03. The van der Waals surface area contributed by atoms with Crippen LogP contribution in [0.1, 0.15) is 51.9 Å². The molecule has 0 aliphatic rings. The topological polar surface area (TPSA) is 20.2 Å². The summed E-state index contributed by atoms with van der Waals surface area (Å²) >= 11 is 0. The third kappa shape index (κ3) is 12.0. The quantitative estimate of drug-likeness (QED) is 0.465. The molecule has 0 saturated carbocycles. The second-order valence-electron chi connectivity index (χ2n) is 5.85. The Balaban J connectivity index is 3.43. The Hall–Kier alpha value is -0.0831. The fourth-order valence-corrected chi connectivity index (χ4v) is 2.55. The Morgan fingerprint density at radius 1 is 1.06 bits per heavy atom. The van der Waals surface area contributed by atoms with Gasteiger partial charge in [-0.05, 0) is 19.3 Å². The Morgan fingerprint density at radius 3 is 2.31 bits per heavy atom. The van der Waals surface area contributed by atoms with E-state index < -0.39 is 8.07 Å². The maximum absolute atomic E-state index is 9.76. The molecular weight excluding hydrogens is 212 g/mol. The van der Waals surface area contributed by atoms with E-state index in [2.05, 4.69) is 38.3 Å². The van der Waals surface area contributed by atoms with Crippen LogP contribution in [0.3, 0.4) is 0 Å². The highest BCUT2D eigenvalue weighted by atomic mass is 28.3. The van der Waals surface area contributed by atoms with Crippen LogP contribution >= 0.6 is 0 Å². The van der Waals surface area contributed by atoms with Gasteiger partial charge in [0.1, 0.15) is 0 Å². The van der Waals surface area contributed by atoms with Gasteiger partial charge in [0.2, 0.25) is 0 Å². The Bertz CT molecular complexity index is 182. The van der Waals surface area contributed by atoms with Gasteiger partial charge < -0.3 is 5.11 Å². The van der Waals surface area contributed by atoms with Gasteiger partial charge in [-0.25, -0.2) is 0 Å². The van der Waals surface area contributed by atoms with E-state index in [4.69, 9.17) is 0 Å². The van der Waals surface area contributed by atoms with Crippen LogP contribution in [0, 0.1) is 0 Å². The lowest BCUT2D eigenvalue weighted by Crippen LogP contribution is -2.15. The lowest BCUT2D eigenvalue weighted by Gasteiger charge is -2.10. The van der Waals surface area contributed by atoms with Gasteiger partial charge in [-0.15, -0.1) is 0 Å². The van der Waals surface area contributed by atoms with Gasteiger partial charge in [0, 0.05) is 0 Å². The smallest absolute Gasteiger partial charge is 0.0682 e. The van der Waals surface area contributed by atoms with E-state index in [1.807, 2.05) is 0 Å². The van der Waals surface area contributed by atoms with Crippen LogP contribution in [-0.4, -0.2) is 19.3 Å². The number of aliphatic hydroxyl groups excluding tert-OH is 1. The van der Waals surface area contributed by atoms with Crippen molar-refractivity contribution < 1.29 is 5.11 Å². The van der Waals surface area contributed by atoms with Crippen LogP contribution in [-0.2, 0) is 0 Å². The van der Waals surface area contributed by atoms with E-state index in [-0.39, 0.29) is 6.10 Å². The van der Waals surface area contributed by atoms with E-state index in [0.717, 1.165) is 19.3 Å². The summed E-state index contributed by atoms with van der Waals surface area (Å²) in [4.78, 5) is 0. The molecule has 1 N–H and O–H groups in total. The van der Waals surface area contributed by atoms with Crippen molar-refractivity contribution in [3.8, 4) is 0 Å². The van der Waals surface area contributed by atoms with Gasteiger partial charge >= 0.3 is 0 Å². The van der Waals surface area contributed by atoms with Gasteiger partial charge in [-0.1, -0.05) is 64.0 Å². The maximum atomic E-state index is 9.76. The molecule has 0 rings (SSSR count). The number of allylic oxidation sites excluding steroid dienone is 1. The van der Waals surface area contributed by atoms with Crippen molar-refractivity contribution in [2.45, 2.75) is 77.6 Å². The first kappa shape index (κ1) is 15.9. The van der Waals surface area contributed by atoms with Gasteiger partial charge in [-0.3, -0.25) is 0 Å². The minimum Gasteiger partial charge on any atom is -0.393 e. The molecule has 0 radical (unpaired) electrons. The molecule has 0 heterocycles. The van der Waals surface area contributed by atoms with Crippen LogP contribution in [0.2, 0.25) is 19.6 Å². The lowest BCUT2D eigenvalue weighted by molar-refractivity contribution is 0.152. The van der Waals surface area contributed by atoms with Gasteiger partial charge in [0.15, 0.2) is 0 Å². The molecule has 0 bridgehead atoms. The third-order valence-corrected chi connectivity index (χ3v) is 3.91. The number of hydrogen-bond acceptors (Lipinski definition) is 1. The summed E-state index contributed by atoms with van der Waals surface area (Å²) in [6.45, 7) is 9.23. The average molecular weight is 242 g/mol. The number of hydrogen-bond donors (Lipinski definition) is 1. The molecule has 0 amide bonds. The molecule has 2 heteroatoms. The largest absolute Gasteiger partial charge is 0.393 e. The average Bonchev–Trinajstić information content (AvgIpc) is 2.18. The second-order valence-corrected chi connectivity index (χ2v) is 10.9. The van der Waals surface area contributed by atoms with Gasteiger partial charge in [0.25, 0.3) is 0 Å². The highest BCUT2D eigenvalue weighted by molar-refractivity contribution is 6.80. The Kier molecular flexibility index (Phi) is 8.95. The summed E-state index contributed by atoms with van der Waals surface area (Å²) in [5.74, 6) is 0. The number of unbranched alkanes of at least 4 members (excludes halogenated alkanes) is 3. The molecule has 0 aromatic heterocycles. The molecule has 1 atom stereocenters. The van der Waals surface area contributed by atoms with E-state index in [1.165, 1.54) is 25.7 Å². The van der Waals surface area contributed by atoms with Crippen molar-refractivity contribution in [1.29, 1.82) is 0 Å². The van der Waals surface area contributed by atoms with Crippen LogP contribution in [0.25, 0.3) is 0 Å². The molecule has 0 aliphatic heterocycles. The molecule has 0 saturated heterocycles. The van der Waals surface area contributed by atoms with E-state index in [9.17, 15) is 5.11 Å². The predicted octanol–water partition coefficient (Wildman–Crippen LogP) is 4.53. The monoisotopic (exact) mass is 242 g/mol. The van der Waals surface area contributed by atoms with Crippen molar-refractivity contribution >= 4 is 8.07 Å². The summed E-state index contributed by atoms with van der Waals surface area (Å²) in [7, 11) is -1.03. The van der Waals surface area contributed by atoms with Crippen molar-refractivity contribution in [1.82, 2.24) is 0 Å². The zero-order chi connectivity index (χ0) is 12.4. The highest BCUT2D eigenvalue weighted by Gasteiger charge is 2.07. The Morgan fingerprint density at radius 2 is 1.75 bits per heavy atom. The Labute approximate surface area is 103 Å². The van der Waals surface area contributed by atoms with Crippen LogP contribution < -0.4 is 0 Å². The molecule has 96 valence electrons. The first-order chi connectivity index (χ1) is 7.45. The van der Waals surface area contributed by atoms with E-state index >= 15 is 0 Å². The number of aliphatic hydroxyl groups is 1. The second kappa shape index (κ2) is 9.00. The van der Waals surface area contributed by atoms with Crippen molar-refractivity contribution in [2.75, 3.05) is 0 Å². The standard InChI is InChI=1S/C14H30OSi/c1-5-6-7-8-11-14(15)12-9-10-13-16(2,3)4/h10,13-15H,5-9,11-12H2,1-4H3/b13-10-. The molecule has 0 fully saturated rings. The van der Waals surface area contributed by atoms with Gasteiger partial charge in [-0.2, -0.15) is 0 Å². The molecule has 0 aromatic carbocycles. The van der Waals surface area contributed by atoms with Gasteiger partial charge in [0.05, 0.1) is 14.2 Å². The fraction of sp³-hybridized carbons (Fsp3) is 0.857. The van der Waals surface area contributed by atoms with E-state index in [0.29, 0.717) is 0 Å². The third-order valence-electron chi connectivity index (χ3n) is 2.68. The van der Waals surface area contributed by atoms with Crippen LogP contribution in [0.5, 0.6) is 0 Å². The first-order valence-corrected chi connectivity index (χ1v) is 10.4. The SMILES string of the molecule is CCCCCCC(O)CC/C=C\[Si](C)(C)C. The van der Waals surface area contributed by atoms with Crippen molar-refractivity contribution in [2.24, 2.45) is 0 Å². The summed E-state index contributed by atoms with van der Waals surface area (Å²) in [5.41, 5.74) is 2.37.